The summed E-state index contributed by atoms with van der Waals surface area (Å²) in [6.07, 6.45) is -0.192. The second kappa shape index (κ2) is 4.19. The first-order chi connectivity index (χ1) is 6.49. The maximum absolute atomic E-state index is 12.9. The van der Waals surface area contributed by atoms with Gasteiger partial charge in [0.15, 0.2) is 0 Å². The fraction of sp³-hybridized carbons (Fsp3) is 0.300. The first kappa shape index (κ1) is 10.7. The number of aryl methyl sites for hydroxylation is 1. The fourth-order valence-electron chi connectivity index (χ4n) is 1.28. The molecule has 0 aliphatic carbocycles. The summed E-state index contributed by atoms with van der Waals surface area (Å²) in [5.74, 6) is -1.37. The molecular formula is C10H12FNO2. The number of hydrogen-bond donors (Lipinski definition) is 2. The standard InChI is InChI=1S/C10H12FNO2/c1-6-2-7(4-8(11)3-6)9(12)5-10(13)14/h2-4,9H,5,12H2,1H3,(H,13,14). The van der Waals surface area contributed by atoms with E-state index >= 15 is 0 Å². The number of carbonyl (C=O) groups is 1. The summed E-state index contributed by atoms with van der Waals surface area (Å²) in [6.45, 7) is 1.74. The van der Waals surface area contributed by atoms with Crippen LogP contribution in [0.25, 0.3) is 0 Å². The molecule has 4 heteroatoms. The molecule has 0 aromatic heterocycles. The van der Waals surface area contributed by atoms with Gasteiger partial charge >= 0.3 is 5.97 Å². The highest BCUT2D eigenvalue weighted by Crippen LogP contribution is 2.17. The summed E-state index contributed by atoms with van der Waals surface area (Å²) >= 11 is 0. The number of hydrogen-bond acceptors (Lipinski definition) is 2. The number of rotatable bonds is 3. The van der Waals surface area contributed by atoms with Crippen molar-refractivity contribution in [2.24, 2.45) is 5.73 Å². The van der Waals surface area contributed by atoms with Crippen molar-refractivity contribution in [2.45, 2.75) is 19.4 Å². The molecule has 1 unspecified atom stereocenters. The average molecular weight is 197 g/mol. The summed E-state index contributed by atoms with van der Waals surface area (Å²) in [5, 5.41) is 8.51. The number of nitrogens with two attached hydrogens (primary N) is 1. The molecule has 0 heterocycles. The number of carboxylic acid groups (broad SMARTS) is 1. The topological polar surface area (TPSA) is 63.3 Å². The Labute approximate surface area is 81.4 Å². The summed E-state index contributed by atoms with van der Waals surface area (Å²) in [5.41, 5.74) is 6.84. The third-order valence-corrected chi connectivity index (χ3v) is 1.89. The normalized spacial score (nSPS) is 12.5. The predicted molar refractivity (Wildman–Crippen MR) is 50.3 cm³/mol. The minimum absolute atomic E-state index is 0.192. The minimum atomic E-state index is -0.987. The Balaban J connectivity index is 2.89. The van der Waals surface area contributed by atoms with Crippen LogP contribution in [0, 0.1) is 12.7 Å². The smallest absolute Gasteiger partial charge is 0.305 e. The van der Waals surface area contributed by atoms with Crippen molar-refractivity contribution in [1.82, 2.24) is 0 Å². The minimum Gasteiger partial charge on any atom is -0.481 e. The molecule has 1 rings (SSSR count). The maximum Gasteiger partial charge on any atom is 0.305 e. The molecule has 14 heavy (non-hydrogen) atoms. The molecule has 1 aromatic carbocycles. The van der Waals surface area contributed by atoms with E-state index in [0.29, 0.717) is 5.56 Å². The Kier molecular flexibility index (Phi) is 3.19. The molecule has 1 atom stereocenters. The lowest BCUT2D eigenvalue weighted by atomic mass is 10.0. The lowest BCUT2D eigenvalue weighted by Crippen LogP contribution is -2.15. The van der Waals surface area contributed by atoms with Gasteiger partial charge in [-0.3, -0.25) is 4.79 Å². The lowest BCUT2D eigenvalue weighted by Gasteiger charge is -2.10. The first-order valence-electron chi connectivity index (χ1n) is 4.23. The van der Waals surface area contributed by atoms with Crippen LogP contribution in [0.5, 0.6) is 0 Å². The zero-order valence-corrected chi connectivity index (χ0v) is 7.83. The van der Waals surface area contributed by atoms with E-state index in [4.69, 9.17) is 10.8 Å². The van der Waals surface area contributed by atoms with Crippen LogP contribution in [0.2, 0.25) is 0 Å². The molecule has 3 nitrogen and oxygen atoms in total. The Bertz CT molecular complexity index is 332. The van der Waals surface area contributed by atoms with Crippen LogP contribution in [0.3, 0.4) is 0 Å². The van der Waals surface area contributed by atoms with Gasteiger partial charge in [0.05, 0.1) is 6.42 Å². The van der Waals surface area contributed by atoms with Gasteiger partial charge in [0, 0.05) is 6.04 Å². The van der Waals surface area contributed by atoms with E-state index in [0.717, 1.165) is 5.56 Å². The zero-order valence-electron chi connectivity index (χ0n) is 7.83. The Morgan fingerprint density at radius 1 is 1.57 bits per heavy atom. The van der Waals surface area contributed by atoms with E-state index in [1.54, 1.807) is 13.0 Å². The molecule has 0 radical (unpaired) electrons. The first-order valence-corrected chi connectivity index (χ1v) is 4.23. The quantitative estimate of drug-likeness (QED) is 0.773. The van der Waals surface area contributed by atoms with E-state index < -0.39 is 12.0 Å². The van der Waals surface area contributed by atoms with E-state index in [2.05, 4.69) is 0 Å². The van der Waals surface area contributed by atoms with Crippen molar-refractivity contribution in [2.75, 3.05) is 0 Å². The molecule has 0 amide bonds. The highest BCUT2D eigenvalue weighted by molar-refractivity contribution is 5.67. The monoisotopic (exact) mass is 197 g/mol. The highest BCUT2D eigenvalue weighted by atomic mass is 19.1. The van der Waals surface area contributed by atoms with Gasteiger partial charge in [-0.1, -0.05) is 6.07 Å². The lowest BCUT2D eigenvalue weighted by molar-refractivity contribution is -0.137. The number of aliphatic carboxylic acids is 1. The third-order valence-electron chi connectivity index (χ3n) is 1.89. The van der Waals surface area contributed by atoms with E-state index in [1.807, 2.05) is 0 Å². The van der Waals surface area contributed by atoms with E-state index in [9.17, 15) is 9.18 Å². The van der Waals surface area contributed by atoms with Crippen LogP contribution >= 0.6 is 0 Å². The number of benzene rings is 1. The number of halogens is 1. The van der Waals surface area contributed by atoms with Crippen LogP contribution < -0.4 is 5.73 Å². The average Bonchev–Trinajstić information content (AvgIpc) is 2.00. The third kappa shape index (κ3) is 2.81. The van der Waals surface area contributed by atoms with Crippen molar-refractivity contribution in [3.8, 4) is 0 Å². The van der Waals surface area contributed by atoms with Gasteiger partial charge in [0.2, 0.25) is 0 Å². The summed E-state index contributed by atoms with van der Waals surface area (Å²) in [7, 11) is 0. The molecule has 3 N–H and O–H groups in total. The molecule has 0 aliphatic rings. The second-order valence-electron chi connectivity index (χ2n) is 3.27. The summed E-state index contributed by atoms with van der Waals surface area (Å²) in [4.78, 5) is 10.4. The molecule has 0 saturated heterocycles. The summed E-state index contributed by atoms with van der Waals surface area (Å²) < 4.78 is 12.9. The maximum atomic E-state index is 12.9. The molecular weight excluding hydrogens is 185 g/mol. The molecule has 0 spiro atoms. The Morgan fingerprint density at radius 3 is 2.71 bits per heavy atom. The van der Waals surface area contributed by atoms with Crippen molar-refractivity contribution in [3.05, 3.63) is 35.1 Å². The predicted octanol–water partition coefficient (Wildman–Crippen LogP) is 1.61. The fourth-order valence-corrected chi connectivity index (χ4v) is 1.28. The molecule has 76 valence electrons. The summed E-state index contributed by atoms with van der Waals surface area (Å²) in [6, 6.07) is 3.68. The van der Waals surface area contributed by atoms with Crippen LogP contribution in [0.1, 0.15) is 23.6 Å². The SMILES string of the molecule is Cc1cc(F)cc(C(N)CC(=O)O)c1. The van der Waals surface area contributed by atoms with Gasteiger partial charge in [-0.2, -0.15) is 0 Å². The largest absolute Gasteiger partial charge is 0.481 e. The van der Waals surface area contributed by atoms with Crippen LogP contribution in [-0.2, 0) is 4.79 Å². The van der Waals surface area contributed by atoms with Crippen molar-refractivity contribution in [1.29, 1.82) is 0 Å². The van der Waals surface area contributed by atoms with Crippen LogP contribution in [0.4, 0.5) is 4.39 Å². The second-order valence-corrected chi connectivity index (χ2v) is 3.27. The van der Waals surface area contributed by atoms with Crippen LogP contribution in [-0.4, -0.2) is 11.1 Å². The van der Waals surface area contributed by atoms with Gasteiger partial charge in [-0.05, 0) is 30.2 Å². The van der Waals surface area contributed by atoms with Crippen molar-refractivity contribution >= 4 is 5.97 Å². The van der Waals surface area contributed by atoms with Crippen LogP contribution in [0.15, 0.2) is 18.2 Å². The van der Waals surface area contributed by atoms with Gasteiger partial charge in [0.25, 0.3) is 0 Å². The van der Waals surface area contributed by atoms with Crippen molar-refractivity contribution < 1.29 is 14.3 Å². The molecule has 0 bridgehead atoms. The number of carboxylic acids is 1. The molecule has 0 saturated carbocycles. The van der Waals surface area contributed by atoms with Gasteiger partial charge in [-0.15, -0.1) is 0 Å². The molecule has 0 fully saturated rings. The Hall–Kier alpha value is -1.42. The molecule has 1 aromatic rings. The van der Waals surface area contributed by atoms with E-state index in [1.165, 1.54) is 12.1 Å². The van der Waals surface area contributed by atoms with Crippen molar-refractivity contribution in [3.63, 3.8) is 0 Å². The van der Waals surface area contributed by atoms with Gasteiger partial charge in [-0.25, -0.2) is 4.39 Å². The van der Waals surface area contributed by atoms with Gasteiger partial charge in [0.1, 0.15) is 5.82 Å². The van der Waals surface area contributed by atoms with Gasteiger partial charge < -0.3 is 10.8 Å². The van der Waals surface area contributed by atoms with E-state index in [-0.39, 0.29) is 12.2 Å². The molecule has 0 aliphatic heterocycles. The Morgan fingerprint density at radius 2 is 2.21 bits per heavy atom. The zero-order chi connectivity index (χ0) is 10.7. The highest BCUT2D eigenvalue weighted by Gasteiger charge is 2.11.